The lowest BCUT2D eigenvalue weighted by Crippen LogP contribution is -2.46. The minimum Gasteiger partial charge on any atom is -0.293 e. The molecule has 0 bridgehead atoms. The predicted octanol–water partition coefficient (Wildman–Crippen LogP) is 4.30. The minimum absolute atomic E-state index is 0.188. The monoisotopic (exact) mass is 412 g/mol. The first-order chi connectivity index (χ1) is 13.6. The molecule has 2 atom stereocenters. The molecule has 2 aromatic rings. The number of para-hydroxylation sites is 1. The third-order valence-corrected chi connectivity index (χ3v) is 6.63. The molecule has 2 unspecified atom stereocenters. The molecule has 4 nitrogen and oxygen atoms in total. The van der Waals surface area contributed by atoms with E-state index in [1.165, 1.54) is 11.8 Å². The Morgan fingerprint density at radius 2 is 1.57 bits per heavy atom. The molecule has 0 radical (unpaired) electrons. The number of hydrogen-bond donors (Lipinski definition) is 1. The van der Waals surface area contributed by atoms with Crippen molar-refractivity contribution in [1.82, 2.24) is 4.90 Å². The van der Waals surface area contributed by atoms with Gasteiger partial charge >= 0.3 is 0 Å². The third kappa shape index (κ3) is 4.35. The molecule has 28 heavy (non-hydrogen) atoms. The fourth-order valence-corrected chi connectivity index (χ4v) is 5.00. The number of ketones is 1. The second kappa shape index (κ2) is 9.45. The second-order valence-electron chi connectivity index (χ2n) is 6.37. The lowest BCUT2D eigenvalue weighted by molar-refractivity contribution is -0.123. The molecule has 1 heterocycles. The normalized spacial score (nSPS) is 18.4. The Morgan fingerprint density at radius 3 is 2.14 bits per heavy atom. The van der Waals surface area contributed by atoms with Crippen LogP contribution < -0.4 is 4.90 Å². The number of hydrogen-bond acceptors (Lipinski definition) is 5. The summed E-state index contributed by atoms with van der Waals surface area (Å²) in [5.41, 5.74) is 2.19. The Hall–Kier alpha value is -2.02. The molecule has 1 aliphatic rings. The third-order valence-electron chi connectivity index (χ3n) is 4.69. The standard InChI is InChI=1S/C22H24N2O2S2/c1-3-23(4-2)22(27)28-20-19(25)15-18(16-11-7-5-8-12-16)24(21(20)26)17-13-9-6-10-14-17/h5-15,20,22,27H,3-4H2,1-2H3. The minimum atomic E-state index is -0.809. The van der Waals surface area contributed by atoms with Crippen LogP contribution in [0.25, 0.3) is 5.70 Å². The molecule has 0 saturated heterocycles. The summed E-state index contributed by atoms with van der Waals surface area (Å²) in [4.78, 5) is 30.1. The second-order valence-corrected chi connectivity index (χ2v) is 8.40. The predicted molar refractivity (Wildman–Crippen MR) is 120 cm³/mol. The average molecular weight is 413 g/mol. The van der Waals surface area contributed by atoms with Crippen LogP contribution in [-0.2, 0) is 9.59 Å². The highest BCUT2D eigenvalue weighted by molar-refractivity contribution is 8.11. The molecule has 2 aromatic carbocycles. The van der Waals surface area contributed by atoms with Crippen molar-refractivity contribution in [2.45, 2.75) is 23.8 Å². The molecular weight excluding hydrogens is 388 g/mol. The maximum absolute atomic E-state index is 13.4. The highest BCUT2D eigenvalue weighted by Gasteiger charge is 2.39. The fraction of sp³-hybridized carbons (Fsp3) is 0.273. The van der Waals surface area contributed by atoms with E-state index in [1.54, 1.807) is 11.0 Å². The van der Waals surface area contributed by atoms with Gasteiger partial charge in [0.05, 0.1) is 5.70 Å². The van der Waals surface area contributed by atoms with E-state index in [0.717, 1.165) is 24.3 Å². The highest BCUT2D eigenvalue weighted by atomic mass is 32.2. The summed E-state index contributed by atoms with van der Waals surface area (Å²) >= 11 is 5.93. The Balaban J connectivity index is 2.00. The van der Waals surface area contributed by atoms with Gasteiger partial charge < -0.3 is 0 Å². The molecule has 0 aromatic heterocycles. The molecule has 1 aliphatic heterocycles. The van der Waals surface area contributed by atoms with Crippen molar-refractivity contribution in [3.8, 4) is 0 Å². The number of carbonyl (C=O) groups is 2. The van der Waals surface area contributed by atoms with Crippen molar-refractivity contribution < 1.29 is 9.59 Å². The topological polar surface area (TPSA) is 40.6 Å². The quantitative estimate of drug-likeness (QED) is 0.418. The van der Waals surface area contributed by atoms with E-state index in [0.29, 0.717) is 5.70 Å². The molecule has 0 spiro atoms. The zero-order valence-electron chi connectivity index (χ0n) is 16.0. The Kier molecular flexibility index (Phi) is 6.99. The largest absolute Gasteiger partial charge is 0.293 e. The average Bonchev–Trinajstić information content (AvgIpc) is 2.73. The van der Waals surface area contributed by atoms with Crippen LogP contribution in [0.5, 0.6) is 0 Å². The first-order valence-corrected chi connectivity index (χ1v) is 10.8. The summed E-state index contributed by atoms with van der Waals surface area (Å²) in [6, 6.07) is 19.0. The van der Waals surface area contributed by atoms with E-state index in [-0.39, 0.29) is 16.4 Å². The van der Waals surface area contributed by atoms with Gasteiger partial charge in [0, 0.05) is 11.8 Å². The molecule has 1 amide bonds. The van der Waals surface area contributed by atoms with Gasteiger partial charge in [-0.2, -0.15) is 0 Å². The van der Waals surface area contributed by atoms with Crippen LogP contribution in [0.2, 0.25) is 0 Å². The fourth-order valence-electron chi connectivity index (χ4n) is 3.17. The molecule has 3 rings (SSSR count). The number of nitrogens with zero attached hydrogens (tertiary/aromatic N) is 2. The lowest BCUT2D eigenvalue weighted by atomic mass is 10.0. The van der Waals surface area contributed by atoms with E-state index in [2.05, 4.69) is 17.5 Å². The van der Waals surface area contributed by atoms with E-state index < -0.39 is 5.25 Å². The number of benzene rings is 2. The van der Waals surface area contributed by atoms with Crippen molar-refractivity contribution in [2.75, 3.05) is 18.0 Å². The Labute approximate surface area is 176 Å². The van der Waals surface area contributed by atoms with Gasteiger partial charge in [-0.15, -0.1) is 24.4 Å². The van der Waals surface area contributed by atoms with Gasteiger partial charge in [0.15, 0.2) is 5.78 Å². The molecule has 0 fully saturated rings. The van der Waals surface area contributed by atoms with Crippen LogP contribution in [0.3, 0.4) is 0 Å². The molecule has 146 valence electrons. The van der Waals surface area contributed by atoms with E-state index in [9.17, 15) is 9.59 Å². The van der Waals surface area contributed by atoms with Crippen LogP contribution >= 0.6 is 24.4 Å². The van der Waals surface area contributed by atoms with Gasteiger partial charge in [0.1, 0.15) is 9.96 Å². The molecule has 0 N–H and O–H groups in total. The van der Waals surface area contributed by atoms with Crippen molar-refractivity contribution in [3.63, 3.8) is 0 Å². The number of thiol groups is 1. The van der Waals surface area contributed by atoms with Crippen molar-refractivity contribution in [2.24, 2.45) is 0 Å². The van der Waals surface area contributed by atoms with Crippen molar-refractivity contribution in [3.05, 3.63) is 72.3 Å². The molecule has 0 saturated carbocycles. The summed E-state index contributed by atoms with van der Waals surface area (Å²) in [6.07, 6.45) is 1.59. The maximum atomic E-state index is 13.4. The smallest absolute Gasteiger partial charge is 0.252 e. The van der Waals surface area contributed by atoms with Gasteiger partial charge in [-0.25, -0.2) is 0 Å². The summed E-state index contributed by atoms with van der Waals surface area (Å²) in [5.74, 6) is -0.416. The van der Waals surface area contributed by atoms with E-state index >= 15 is 0 Å². The first-order valence-electron chi connectivity index (χ1n) is 9.34. The summed E-state index contributed by atoms with van der Waals surface area (Å²) in [7, 11) is 0. The van der Waals surface area contributed by atoms with Crippen LogP contribution in [0.15, 0.2) is 66.7 Å². The van der Waals surface area contributed by atoms with E-state index in [4.69, 9.17) is 0 Å². The zero-order chi connectivity index (χ0) is 20.1. The highest BCUT2D eigenvalue weighted by Crippen LogP contribution is 2.36. The number of carbonyl (C=O) groups excluding carboxylic acids is 2. The van der Waals surface area contributed by atoms with Gasteiger partial charge in [0.2, 0.25) is 0 Å². The van der Waals surface area contributed by atoms with Crippen LogP contribution in [-0.4, -0.2) is 39.6 Å². The number of rotatable bonds is 7. The van der Waals surface area contributed by atoms with Crippen LogP contribution in [0, 0.1) is 0 Å². The van der Waals surface area contributed by atoms with Gasteiger partial charge in [-0.3, -0.25) is 19.4 Å². The van der Waals surface area contributed by atoms with Crippen LogP contribution in [0.1, 0.15) is 19.4 Å². The van der Waals surface area contributed by atoms with Gasteiger partial charge in [-0.1, -0.05) is 62.4 Å². The zero-order valence-corrected chi connectivity index (χ0v) is 17.7. The SMILES string of the molecule is CCN(CC)C(S)SC1C(=O)C=C(c2ccccc2)N(c2ccccc2)C1=O. The van der Waals surface area contributed by atoms with Gasteiger partial charge in [0.25, 0.3) is 5.91 Å². The number of allylic oxidation sites excluding steroid dienone is 1. The Bertz CT molecular complexity index is 851. The molecule has 0 aliphatic carbocycles. The van der Waals surface area contributed by atoms with Crippen LogP contribution in [0.4, 0.5) is 5.69 Å². The number of thioether (sulfide) groups is 1. The summed E-state index contributed by atoms with van der Waals surface area (Å²) in [6.45, 7) is 5.70. The Morgan fingerprint density at radius 1 is 1.00 bits per heavy atom. The number of amides is 1. The van der Waals surface area contributed by atoms with Crippen molar-refractivity contribution in [1.29, 1.82) is 0 Å². The number of anilines is 1. The molecular formula is C22H24N2O2S2. The lowest BCUT2D eigenvalue weighted by Gasteiger charge is -2.34. The first kappa shape index (κ1) is 20.7. The molecule has 6 heteroatoms. The summed E-state index contributed by atoms with van der Waals surface area (Å²) in [5, 5.41) is -0.809. The van der Waals surface area contributed by atoms with Crippen molar-refractivity contribution >= 4 is 47.5 Å². The van der Waals surface area contributed by atoms with Gasteiger partial charge in [-0.05, 0) is 30.8 Å². The maximum Gasteiger partial charge on any atom is 0.252 e. The van der Waals surface area contributed by atoms with E-state index in [1.807, 2.05) is 74.5 Å². The summed E-state index contributed by atoms with van der Waals surface area (Å²) < 4.78 is -0.225.